The van der Waals surface area contributed by atoms with E-state index >= 15 is 0 Å². The Morgan fingerprint density at radius 3 is 2.46 bits per heavy atom. The first-order valence-electron chi connectivity index (χ1n) is 9.25. The summed E-state index contributed by atoms with van der Waals surface area (Å²) in [5.74, 6) is 0.170. The first-order chi connectivity index (χ1) is 12.5. The maximum atomic E-state index is 13.2. The van der Waals surface area contributed by atoms with Crippen molar-refractivity contribution < 1.29 is 14.0 Å². The van der Waals surface area contributed by atoms with Gasteiger partial charge < -0.3 is 15.5 Å². The van der Waals surface area contributed by atoms with Crippen LogP contribution in [0.4, 0.5) is 10.1 Å². The van der Waals surface area contributed by atoms with Crippen molar-refractivity contribution in [2.45, 2.75) is 19.9 Å². The van der Waals surface area contributed by atoms with Crippen LogP contribution in [0.3, 0.4) is 0 Å². The maximum absolute atomic E-state index is 13.2. The van der Waals surface area contributed by atoms with Gasteiger partial charge in [-0.25, -0.2) is 4.39 Å². The van der Waals surface area contributed by atoms with E-state index in [1.165, 1.54) is 12.1 Å². The lowest BCUT2D eigenvalue weighted by Crippen LogP contribution is -2.57. The quantitative estimate of drug-likeness (QED) is 0.825. The highest BCUT2D eigenvalue weighted by Gasteiger charge is 2.34. The lowest BCUT2D eigenvalue weighted by Gasteiger charge is -2.40. The van der Waals surface area contributed by atoms with Crippen LogP contribution < -0.4 is 10.6 Å². The molecule has 0 aliphatic carbocycles. The highest BCUT2D eigenvalue weighted by atomic mass is 19.1. The summed E-state index contributed by atoms with van der Waals surface area (Å²) >= 11 is 0. The summed E-state index contributed by atoms with van der Waals surface area (Å²) in [7, 11) is 0. The van der Waals surface area contributed by atoms with Gasteiger partial charge >= 0.3 is 0 Å². The predicted octanol–water partition coefficient (Wildman–Crippen LogP) is 1.15. The van der Waals surface area contributed by atoms with Crippen molar-refractivity contribution in [2.24, 2.45) is 11.8 Å². The number of hydrogen-bond acceptors (Lipinski definition) is 4. The molecule has 2 saturated heterocycles. The third-order valence-corrected chi connectivity index (χ3v) is 5.55. The van der Waals surface area contributed by atoms with Crippen molar-refractivity contribution >= 4 is 17.5 Å². The molecule has 0 spiro atoms. The summed E-state index contributed by atoms with van der Waals surface area (Å²) in [6.07, 6.45) is 0. The smallest absolute Gasteiger partial charge is 0.241 e. The van der Waals surface area contributed by atoms with Crippen LogP contribution in [0, 0.1) is 17.7 Å². The summed E-state index contributed by atoms with van der Waals surface area (Å²) in [5, 5.41) is 5.96. The SMILES string of the molecule is CC(C(=O)N1CCN(C(C)C(=O)Nc2cccc(F)c2)CC1)C1CNC1. The number of carbonyl (C=O) groups excluding carboxylic acids is 2. The van der Waals surface area contributed by atoms with Gasteiger partial charge in [0.1, 0.15) is 5.82 Å². The predicted molar refractivity (Wildman–Crippen MR) is 98.2 cm³/mol. The van der Waals surface area contributed by atoms with Crippen LogP contribution in [0.5, 0.6) is 0 Å². The molecule has 0 aromatic heterocycles. The zero-order valence-corrected chi connectivity index (χ0v) is 15.4. The molecule has 2 amide bonds. The topological polar surface area (TPSA) is 64.7 Å². The molecule has 26 heavy (non-hydrogen) atoms. The molecule has 6 nitrogen and oxygen atoms in total. The molecule has 7 heteroatoms. The number of amides is 2. The Balaban J connectivity index is 1.49. The van der Waals surface area contributed by atoms with Crippen molar-refractivity contribution in [3.63, 3.8) is 0 Å². The number of anilines is 1. The Hall–Kier alpha value is -1.99. The molecule has 2 aliphatic heterocycles. The molecule has 1 aromatic rings. The molecule has 0 saturated carbocycles. The molecule has 2 atom stereocenters. The van der Waals surface area contributed by atoms with Crippen molar-refractivity contribution in [3.8, 4) is 0 Å². The monoisotopic (exact) mass is 362 g/mol. The number of rotatable bonds is 5. The number of carbonyl (C=O) groups is 2. The minimum atomic E-state index is -0.377. The number of benzene rings is 1. The number of nitrogens with one attached hydrogen (secondary N) is 2. The lowest BCUT2D eigenvalue weighted by atomic mass is 9.88. The minimum absolute atomic E-state index is 0.0523. The Labute approximate surface area is 153 Å². The first kappa shape index (κ1) is 18.8. The Morgan fingerprint density at radius 2 is 1.88 bits per heavy atom. The molecule has 1 aromatic carbocycles. The van der Waals surface area contributed by atoms with Gasteiger partial charge in [-0.2, -0.15) is 0 Å². The van der Waals surface area contributed by atoms with E-state index in [4.69, 9.17) is 0 Å². The van der Waals surface area contributed by atoms with Crippen LogP contribution in [0.1, 0.15) is 13.8 Å². The number of hydrogen-bond donors (Lipinski definition) is 2. The van der Waals surface area contributed by atoms with Crippen molar-refractivity contribution in [1.82, 2.24) is 15.1 Å². The Morgan fingerprint density at radius 1 is 1.19 bits per heavy atom. The van der Waals surface area contributed by atoms with E-state index in [1.807, 2.05) is 18.7 Å². The summed E-state index contributed by atoms with van der Waals surface area (Å²) in [6.45, 7) is 8.30. The van der Waals surface area contributed by atoms with E-state index in [-0.39, 0.29) is 29.6 Å². The van der Waals surface area contributed by atoms with Gasteiger partial charge in [-0.3, -0.25) is 14.5 Å². The molecule has 3 rings (SSSR count). The van der Waals surface area contributed by atoms with E-state index in [0.717, 1.165) is 13.1 Å². The van der Waals surface area contributed by atoms with E-state index in [2.05, 4.69) is 15.5 Å². The average molecular weight is 362 g/mol. The molecule has 0 radical (unpaired) electrons. The van der Waals surface area contributed by atoms with E-state index in [0.29, 0.717) is 37.8 Å². The fourth-order valence-corrected chi connectivity index (χ4v) is 3.46. The zero-order valence-electron chi connectivity index (χ0n) is 15.4. The van der Waals surface area contributed by atoms with Gasteiger partial charge in [0, 0.05) is 37.8 Å². The van der Waals surface area contributed by atoms with Crippen molar-refractivity contribution in [1.29, 1.82) is 0 Å². The van der Waals surface area contributed by atoms with E-state index in [9.17, 15) is 14.0 Å². The van der Waals surface area contributed by atoms with Gasteiger partial charge in [0.05, 0.1) is 6.04 Å². The maximum Gasteiger partial charge on any atom is 0.241 e. The molecule has 2 aliphatic rings. The van der Waals surface area contributed by atoms with Gasteiger partial charge in [0.25, 0.3) is 0 Å². The standard InChI is InChI=1S/C19H27FN4O2/c1-13(15-11-21-12-15)19(26)24-8-6-23(7-9-24)14(2)18(25)22-17-5-3-4-16(20)10-17/h3-5,10,13-15,21H,6-9,11-12H2,1-2H3,(H,22,25). The van der Waals surface area contributed by atoms with E-state index < -0.39 is 0 Å². The molecule has 2 N–H and O–H groups in total. The summed E-state index contributed by atoms with van der Waals surface area (Å²) in [4.78, 5) is 29.0. The normalized spacial score (nSPS) is 21.0. The molecule has 142 valence electrons. The van der Waals surface area contributed by atoms with Crippen molar-refractivity contribution in [2.75, 3.05) is 44.6 Å². The van der Waals surface area contributed by atoms with Crippen molar-refractivity contribution in [3.05, 3.63) is 30.1 Å². The van der Waals surface area contributed by atoms with E-state index in [1.54, 1.807) is 12.1 Å². The van der Waals surface area contributed by atoms with Crippen LogP contribution in [0.2, 0.25) is 0 Å². The highest BCUT2D eigenvalue weighted by Crippen LogP contribution is 2.20. The fraction of sp³-hybridized carbons (Fsp3) is 0.579. The summed E-state index contributed by atoms with van der Waals surface area (Å²) < 4.78 is 13.2. The second-order valence-corrected chi connectivity index (χ2v) is 7.24. The Bertz CT molecular complexity index is 657. The molecular weight excluding hydrogens is 335 g/mol. The third kappa shape index (κ3) is 4.22. The number of nitrogens with zero attached hydrogens (tertiary/aromatic N) is 2. The summed E-state index contributed by atoms with van der Waals surface area (Å²) in [5.41, 5.74) is 0.457. The molecule has 2 fully saturated rings. The fourth-order valence-electron chi connectivity index (χ4n) is 3.46. The van der Waals surface area contributed by atoms with Gasteiger partial charge in [0.15, 0.2) is 0 Å². The van der Waals surface area contributed by atoms with Crippen LogP contribution in [-0.2, 0) is 9.59 Å². The van der Waals surface area contributed by atoms with Gasteiger partial charge in [-0.1, -0.05) is 13.0 Å². The first-order valence-corrected chi connectivity index (χ1v) is 9.25. The zero-order chi connectivity index (χ0) is 18.7. The van der Waals surface area contributed by atoms with Crippen LogP contribution in [0.15, 0.2) is 24.3 Å². The summed E-state index contributed by atoms with van der Waals surface area (Å²) in [6, 6.07) is 5.55. The number of piperazine rings is 1. The van der Waals surface area contributed by atoms with Crippen LogP contribution in [0.25, 0.3) is 0 Å². The van der Waals surface area contributed by atoms with Gasteiger partial charge in [-0.15, -0.1) is 0 Å². The lowest BCUT2D eigenvalue weighted by molar-refractivity contribution is -0.139. The van der Waals surface area contributed by atoms with Gasteiger partial charge in [-0.05, 0) is 44.1 Å². The number of halogens is 1. The second-order valence-electron chi connectivity index (χ2n) is 7.24. The molecule has 2 heterocycles. The van der Waals surface area contributed by atoms with Gasteiger partial charge in [0.2, 0.25) is 11.8 Å². The molecule has 2 unspecified atom stereocenters. The largest absolute Gasteiger partial charge is 0.340 e. The molecule has 0 bridgehead atoms. The molecular formula is C19H27FN4O2. The van der Waals surface area contributed by atoms with Crippen LogP contribution in [-0.4, -0.2) is 66.9 Å². The second kappa shape index (κ2) is 8.14. The Kier molecular flexibility index (Phi) is 5.88. The third-order valence-electron chi connectivity index (χ3n) is 5.55. The minimum Gasteiger partial charge on any atom is -0.340 e. The average Bonchev–Trinajstić information content (AvgIpc) is 2.59. The highest BCUT2D eigenvalue weighted by molar-refractivity contribution is 5.94. The van der Waals surface area contributed by atoms with Crippen LogP contribution >= 0.6 is 0 Å².